The molecule has 1 aliphatic carbocycles. The maximum Gasteiger partial charge on any atom is 0.275 e. The van der Waals surface area contributed by atoms with Crippen LogP contribution in [0.3, 0.4) is 0 Å². The third kappa shape index (κ3) is 3.72. The summed E-state index contributed by atoms with van der Waals surface area (Å²) < 4.78 is 1.77. The van der Waals surface area contributed by atoms with Crippen molar-refractivity contribution < 1.29 is 26.3 Å². The number of fused-ring (bicyclic) bond motifs is 1. The largest absolute Gasteiger partial charge is 1.00 e. The van der Waals surface area contributed by atoms with Crippen LogP contribution < -0.4 is 21.5 Å². The van der Waals surface area contributed by atoms with E-state index in [1.807, 2.05) is 24.4 Å². The van der Waals surface area contributed by atoms with Gasteiger partial charge in [-0.05, 0) is 60.5 Å². The summed E-state index contributed by atoms with van der Waals surface area (Å²) in [5, 5.41) is 0.582. The standard InChI is InChI=1S/C17H17ClNO.BrH/c18-17-7-3-4-10-19(17)12-16(20)15-9-8-13-5-1-2-6-14(13)11-15;/h3-4,7-11H,1-2,5-6,12H2;1H/q+1;/p-1. The Balaban J connectivity index is 0.00000161. The summed E-state index contributed by atoms with van der Waals surface area (Å²) in [6.45, 7) is 0.290. The highest BCUT2D eigenvalue weighted by Gasteiger charge is 2.17. The third-order valence-electron chi connectivity index (χ3n) is 3.87. The Hall–Kier alpha value is -1.19. The van der Waals surface area contributed by atoms with Gasteiger partial charge in [0.15, 0.2) is 6.20 Å². The van der Waals surface area contributed by atoms with Crippen molar-refractivity contribution >= 4 is 17.4 Å². The van der Waals surface area contributed by atoms with E-state index >= 15 is 0 Å². The van der Waals surface area contributed by atoms with E-state index in [1.165, 1.54) is 24.0 Å². The monoisotopic (exact) mass is 365 g/mol. The molecule has 1 aliphatic rings. The van der Waals surface area contributed by atoms with E-state index in [1.54, 1.807) is 10.6 Å². The molecule has 0 atom stereocenters. The quantitative estimate of drug-likeness (QED) is 0.437. The number of Topliss-reactive ketones (excluding diaryl/α,β-unsaturated/α-hetero) is 1. The van der Waals surface area contributed by atoms with Crippen molar-refractivity contribution in [3.63, 3.8) is 0 Å². The molecule has 21 heavy (non-hydrogen) atoms. The number of rotatable bonds is 3. The fourth-order valence-electron chi connectivity index (χ4n) is 2.74. The van der Waals surface area contributed by atoms with Crippen LogP contribution in [0.1, 0.15) is 34.3 Å². The fourth-order valence-corrected chi connectivity index (χ4v) is 2.93. The van der Waals surface area contributed by atoms with Gasteiger partial charge in [0.05, 0.1) is 0 Å². The summed E-state index contributed by atoms with van der Waals surface area (Å²) in [4.78, 5) is 12.4. The molecule has 1 aromatic carbocycles. The van der Waals surface area contributed by atoms with Gasteiger partial charge in [0.25, 0.3) is 5.15 Å². The highest BCUT2D eigenvalue weighted by molar-refractivity contribution is 6.28. The van der Waals surface area contributed by atoms with Crippen LogP contribution in [0.25, 0.3) is 0 Å². The molecule has 2 nitrogen and oxygen atoms in total. The summed E-state index contributed by atoms with van der Waals surface area (Å²) in [6, 6.07) is 11.7. The zero-order chi connectivity index (χ0) is 13.9. The van der Waals surface area contributed by atoms with E-state index in [4.69, 9.17) is 11.6 Å². The number of hydrogen-bond acceptors (Lipinski definition) is 1. The van der Waals surface area contributed by atoms with E-state index in [-0.39, 0.29) is 22.8 Å². The van der Waals surface area contributed by atoms with Gasteiger partial charge in [0.1, 0.15) is 0 Å². The lowest BCUT2D eigenvalue weighted by Gasteiger charge is -2.15. The molecular formula is C17H17BrClNO. The maximum absolute atomic E-state index is 12.4. The number of nitrogens with zero attached hydrogens (tertiary/aromatic N) is 1. The number of halogens is 2. The van der Waals surface area contributed by atoms with Crippen molar-refractivity contribution in [2.45, 2.75) is 32.2 Å². The van der Waals surface area contributed by atoms with Gasteiger partial charge in [0, 0.05) is 17.7 Å². The number of carbonyl (C=O) groups is 1. The molecule has 110 valence electrons. The predicted octanol–water partition coefficient (Wildman–Crippen LogP) is 0.393. The predicted molar refractivity (Wildman–Crippen MR) is 79.1 cm³/mol. The number of hydrogen-bond donors (Lipinski definition) is 0. The van der Waals surface area contributed by atoms with Crippen LogP contribution in [0, 0.1) is 0 Å². The zero-order valence-corrected chi connectivity index (χ0v) is 14.0. The average Bonchev–Trinajstić information content (AvgIpc) is 2.49. The Bertz CT molecular complexity index is 657. The molecule has 3 rings (SSSR count). The molecule has 0 saturated carbocycles. The van der Waals surface area contributed by atoms with Crippen molar-refractivity contribution in [2.75, 3.05) is 0 Å². The lowest BCUT2D eigenvalue weighted by Crippen LogP contribution is -3.00. The molecule has 2 aromatic rings. The summed E-state index contributed by atoms with van der Waals surface area (Å²) >= 11 is 6.08. The molecule has 0 radical (unpaired) electrons. The Kier molecular flexibility index (Phi) is 5.54. The topological polar surface area (TPSA) is 20.9 Å². The number of aromatic nitrogens is 1. The number of benzene rings is 1. The van der Waals surface area contributed by atoms with Gasteiger partial charge >= 0.3 is 0 Å². The first-order valence-electron chi connectivity index (χ1n) is 7.03. The number of aryl methyl sites for hydroxylation is 2. The van der Waals surface area contributed by atoms with Crippen LogP contribution >= 0.6 is 11.6 Å². The number of pyridine rings is 1. The van der Waals surface area contributed by atoms with Gasteiger partial charge in [-0.25, -0.2) is 0 Å². The fraction of sp³-hybridized carbons (Fsp3) is 0.294. The van der Waals surface area contributed by atoms with E-state index < -0.39 is 0 Å². The maximum atomic E-state index is 12.4. The zero-order valence-electron chi connectivity index (χ0n) is 11.7. The minimum Gasteiger partial charge on any atom is -1.00 e. The van der Waals surface area contributed by atoms with Crippen molar-refractivity contribution in [3.05, 3.63) is 64.4 Å². The van der Waals surface area contributed by atoms with Gasteiger partial charge in [-0.1, -0.05) is 12.1 Å². The molecule has 0 spiro atoms. The Morgan fingerprint density at radius 2 is 1.86 bits per heavy atom. The summed E-state index contributed by atoms with van der Waals surface area (Å²) in [7, 11) is 0. The van der Waals surface area contributed by atoms with Crippen LogP contribution in [0.5, 0.6) is 0 Å². The first kappa shape index (κ1) is 16.2. The smallest absolute Gasteiger partial charge is 0.275 e. The molecule has 4 heteroatoms. The van der Waals surface area contributed by atoms with Crippen LogP contribution in [0.15, 0.2) is 42.6 Å². The first-order valence-corrected chi connectivity index (χ1v) is 7.41. The molecule has 0 N–H and O–H groups in total. The lowest BCUT2D eigenvalue weighted by molar-refractivity contribution is -0.681. The van der Waals surface area contributed by atoms with Crippen LogP contribution in [-0.2, 0) is 19.4 Å². The minimum absolute atomic E-state index is 0. The lowest BCUT2D eigenvalue weighted by atomic mass is 9.90. The molecule has 0 unspecified atom stereocenters. The SMILES string of the molecule is O=C(C[n+]1ccccc1Cl)c1ccc2c(c1)CCCC2.[Br-]. The molecule has 0 amide bonds. The van der Waals surface area contributed by atoms with Gasteiger partial charge in [0.2, 0.25) is 12.3 Å². The van der Waals surface area contributed by atoms with Crippen molar-refractivity contribution in [1.82, 2.24) is 0 Å². The van der Waals surface area contributed by atoms with Gasteiger partial charge in [-0.2, -0.15) is 4.57 Å². The second-order valence-corrected chi connectivity index (χ2v) is 5.65. The first-order chi connectivity index (χ1) is 9.74. The Morgan fingerprint density at radius 3 is 2.62 bits per heavy atom. The van der Waals surface area contributed by atoms with Gasteiger partial charge < -0.3 is 17.0 Å². The van der Waals surface area contributed by atoms with E-state index in [0.29, 0.717) is 11.7 Å². The van der Waals surface area contributed by atoms with Crippen molar-refractivity contribution in [2.24, 2.45) is 0 Å². The Labute approximate surface area is 140 Å². The third-order valence-corrected chi connectivity index (χ3v) is 4.21. The minimum atomic E-state index is 0. The van der Waals surface area contributed by atoms with Crippen molar-refractivity contribution in [3.8, 4) is 0 Å². The van der Waals surface area contributed by atoms with Gasteiger partial charge in [-0.15, -0.1) is 0 Å². The highest BCUT2D eigenvalue weighted by atomic mass is 79.9. The second-order valence-electron chi connectivity index (χ2n) is 5.27. The molecule has 0 fully saturated rings. The summed E-state index contributed by atoms with van der Waals surface area (Å²) in [5.74, 6) is 0.108. The molecular weight excluding hydrogens is 350 g/mol. The summed E-state index contributed by atoms with van der Waals surface area (Å²) in [6.07, 6.45) is 6.55. The average molecular weight is 367 g/mol. The summed E-state index contributed by atoms with van der Waals surface area (Å²) in [5.41, 5.74) is 3.53. The van der Waals surface area contributed by atoms with Crippen LogP contribution in [0.2, 0.25) is 5.15 Å². The van der Waals surface area contributed by atoms with Gasteiger partial charge in [-0.3, -0.25) is 4.79 Å². The van der Waals surface area contributed by atoms with Crippen LogP contribution in [0.4, 0.5) is 0 Å². The highest BCUT2D eigenvalue weighted by Crippen LogP contribution is 2.22. The van der Waals surface area contributed by atoms with E-state index in [0.717, 1.165) is 18.4 Å². The number of ketones is 1. The van der Waals surface area contributed by atoms with Crippen molar-refractivity contribution in [1.29, 1.82) is 0 Å². The normalized spacial score (nSPS) is 13.2. The molecule has 1 heterocycles. The molecule has 0 bridgehead atoms. The van der Waals surface area contributed by atoms with Crippen LogP contribution in [-0.4, -0.2) is 5.78 Å². The second kappa shape index (κ2) is 7.19. The van der Waals surface area contributed by atoms with E-state index in [9.17, 15) is 4.79 Å². The van der Waals surface area contributed by atoms with E-state index in [2.05, 4.69) is 12.1 Å². The number of carbonyl (C=O) groups excluding carboxylic acids is 1. The molecule has 1 aromatic heterocycles. The molecule has 0 saturated heterocycles. The molecule has 0 aliphatic heterocycles. The Morgan fingerprint density at radius 1 is 1.10 bits per heavy atom.